The fourth-order valence-electron chi connectivity index (χ4n) is 0.909. The number of hydrogen-bond donors (Lipinski definition) is 0. The van der Waals surface area contributed by atoms with E-state index in [1.54, 1.807) is 6.92 Å². The van der Waals surface area contributed by atoms with Crippen LogP contribution in [-0.2, 0) is 15.7 Å². The van der Waals surface area contributed by atoms with Crippen molar-refractivity contribution in [1.29, 1.82) is 0 Å². The van der Waals surface area contributed by atoms with Gasteiger partial charge in [0, 0.05) is 6.07 Å². The van der Waals surface area contributed by atoms with Gasteiger partial charge in [-0.3, -0.25) is 0 Å². The van der Waals surface area contributed by atoms with E-state index < -0.39 is 24.4 Å². The van der Waals surface area contributed by atoms with Gasteiger partial charge in [0.25, 0.3) is 0 Å². The first-order valence-corrected chi connectivity index (χ1v) is 4.61. The monoisotopic (exact) mass is 250 g/mol. The summed E-state index contributed by atoms with van der Waals surface area (Å²) in [5.41, 5.74) is -1.13. The second-order valence-electron chi connectivity index (χ2n) is 2.83. The molecule has 5 nitrogen and oxygen atoms in total. The normalized spacial score (nSPS) is 11.1. The molecule has 0 saturated heterocycles. The summed E-state index contributed by atoms with van der Waals surface area (Å²) in [4.78, 5) is 17.4. The number of alkyl halides is 3. The molecule has 0 amide bonds. The molecular weight excluding hydrogens is 241 g/mol. The van der Waals surface area contributed by atoms with Gasteiger partial charge in [-0.2, -0.15) is 13.2 Å². The third-order valence-electron chi connectivity index (χ3n) is 1.58. The summed E-state index contributed by atoms with van der Waals surface area (Å²) in [7, 11) is 0. The molecule has 0 N–H and O–H groups in total. The molecular formula is C9H9F3N2O3. The average molecular weight is 250 g/mol. The Morgan fingerprint density at radius 2 is 2.12 bits per heavy atom. The lowest BCUT2D eigenvalue weighted by Gasteiger charge is -2.07. The summed E-state index contributed by atoms with van der Waals surface area (Å²) < 4.78 is 46.0. The fraction of sp³-hybridized carbons (Fsp3) is 0.444. The van der Waals surface area contributed by atoms with Gasteiger partial charge in [-0.1, -0.05) is 0 Å². The lowest BCUT2D eigenvalue weighted by Crippen LogP contribution is -2.16. The van der Waals surface area contributed by atoms with Crippen LogP contribution < -0.4 is 4.74 Å². The highest BCUT2D eigenvalue weighted by atomic mass is 19.4. The molecule has 1 heterocycles. The predicted octanol–water partition coefficient (Wildman–Crippen LogP) is 1.44. The Balaban J connectivity index is 2.64. The molecule has 0 radical (unpaired) electrons. The molecule has 0 bridgehead atoms. The zero-order valence-corrected chi connectivity index (χ0v) is 8.82. The predicted molar refractivity (Wildman–Crippen MR) is 49.2 cm³/mol. The van der Waals surface area contributed by atoms with Gasteiger partial charge in [0.2, 0.25) is 5.88 Å². The molecule has 0 spiro atoms. The summed E-state index contributed by atoms with van der Waals surface area (Å²) in [6.45, 7) is 1.27. The first-order valence-electron chi connectivity index (χ1n) is 4.61. The van der Waals surface area contributed by atoms with Gasteiger partial charge in [0.15, 0.2) is 12.3 Å². The Labute approximate surface area is 94.6 Å². The number of carbonyl (C=O) groups excluding carboxylic acids is 1. The SMILES string of the molecule is CCOC(=O)COc1cc(C(F)(F)F)ncn1. The van der Waals surface area contributed by atoms with Crippen molar-refractivity contribution in [1.82, 2.24) is 9.97 Å². The van der Waals surface area contributed by atoms with E-state index in [0.29, 0.717) is 12.4 Å². The maximum absolute atomic E-state index is 12.3. The van der Waals surface area contributed by atoms with Crippen LogP contribution in [-0.4, -0.2) is 29.2 Å². The van der Waals surface area contributed by atoms with Crippen LogP contribution in [0, 0.1) is 0 Å². The Hall–Kier alpha value is -1.86. The zero-order chi connectivity index (χ0) is 12.9. The maximum Gasteiger partial charge on any atom is 0.433 e. The molecule has 0 atom stereocenters. The first kappa shape index (κ1) is 13.2. The van der Waals surface area contributed by atoms with Crippen LogP contribution in [0.2, 0.25) is 0 Å². The standard InChI is InChI=1S/C9H9F3N2O3/c1-2-16-8(15)4-17-7-3-6(9(10,11)12)13-5-14-7/h3,5H,2,4H2,1H3. The van der Waals surface area contributed by atoms with E-state index in [9.17, 15) is 18.0 Å². The number of nitrogens with zero attached hydrogens (tertiary/aromatic N) is 2. The average Bonchev–Trinajstić information content (AvgIpc) is 2.26. The molecule has 1 rings (SSSR count). The lowest BCUT2D eigenvalue weighted by molar-refractivity contribution is -0.145. The summed E-state index contributed by atoms with van der Waals surface area (Å²) in [5.74, 6) is -1.01. The second kappa shape index (κ2) is 5.46. The second-order valence-corrected chi connectivity index (χ2v) is 2.83. The van der Waals surface area contributed by atoms with E-state index in [1.807, 2.05) is 0 Å². The molecule has 94 valence electrons. The minimum absolute atomic E-state index is 0.166. The molecule has 0 aromatic carbocycles. The Morgan fingerprint density at radius 1 is 1.41 bits per heavy atom. The van der Waals surface area contributed by atoms with Crippen molar-refractivity contribution in [3.63, 3.8) is 0 Å². The van der Waals surface area contributed by atoms with Gasteiger partial charge in [0.1, 0.15) is 6.33 Å². The van der Waals surface area contributed by atoms with Crippen molar-refractivity contribution in [2.75, 3.05) is 13.2 Å². The van der Waals surface area contributed by atoms with Gasteiger partial charge >= 0.3 is 12.1 Å². The van der Waals surface area contributed by atoms with Crippen LogP contribution in [0.4, 0.5) is 13.2 Å². The van der Waals surface area contributed by atoms with E-state index in [0.717, 1.165) is 0 Å². The van der Waals surface area contributed by atoms with Gasteiger partial charge in [0.05, 0.1) is 6.61 Å². The van der Waals surface area contributed by atoms with E-state index in [1.165, 1.54) is 0 Å². The van der Waals surface area contributed by atoms with Gasteiger partial charge in [-0.05, 0) is 6.92 Å². The smallest absolute Gasteiger partial charge is 0.433 e. The fourth-order valence-corrected chi connectivity index (χ4v) is 0.909. The summed E-state index contributed by atoms with van der Waals surface area (Å²) in [6.07, 6.45) is -3.87. The van der Waals surface area contributed by atoms with E-state index in [4.69, 9.17) is 4.74 Å². The van der Waals surface area contributed by atoms with Crippen LogP contribution >= 0.6 is 0 Å². The zero-order valence-electron chi connectivity index (χ0n) is 8.82. The van der Waals surface area contributed by atoms with E-state index >= 15 is 0 Å². The van der Waals surface area contributed by atoms with Crippen molar-refractivity contribution in [2.24, 2.45) is 0 Å². The summed E-state index contributed by atoms with van der Waals surface area (Å²) >= 11 is 0. The highest BCUT2D eigenvalue weighted by Gasteiger charge is 2.33. The van der Waals surface area contributed by atoms with Crippen molar-refractivity contribution in [3.05, 3.63) is 18.1 Å². The number of aromatic nitrogens is 2. The van der Waals surface area contributed by atoms with E-state index in [2.05, 4.69) is 14.7 Å². The van der Waals surface area contributed by atoms with Gasteiger partial charge < -0.3 is 9.47 Å². The minimum atomic E-state index is -4.58. The lowest BCUT2D eigenvalue weighted by atomic mass is 10.4. The summed E-state index contributed by atoms with van der Waals surface area (Å²) in [6, 6.07) is 0.610. The Kier molecular flexibility index (Phi) is 4.24. The van der Waals surface area contributed by atoms with Gasteiger partial charge in [-0.25, -0.2) is 14.8 Å². The van der Waals surface area contributed by atoms with Crippen LogP contribution in [0.1, 0.15) is 12.6 Å². The topological polar surface area (TPSA) is 61.3 Å². The molecule has 17 heavy (non-hydrogen) atoms. The summed E-state index contributed by atoms with van der Waals surface area (Å²) in [5, 5.41) is 0. The number of carbonyl (C=O) groups is 1. The molecule has 0 fully saturated rings. The molecule has 8 heteroatoms. The van der Waals surface area contributed by atoms with Crippen LogP contribution in [0.15, 0.2) is 12.4 Å². The third kappa shape index (κ3) is 4.25. The molecule has 0 saturated carbocycles. The van der Waals surface area contributed by atoms with Crippen LogP contribution in [0.25, 0.3) is 0 Å². The maximum atomic E-state index is 12.3. The molecule has 1 aromatic rings. The molecule has 1 aromatic heterocycles. The van der Waals surface area contributed by atoms with Gasteiger partial charge in [-0.15, -0.1) is 0 Å². The molecule has 0 aliphatic rings. The quantitative estimate of drug-likeness (QED) is 0.756. The van der Waals surface area contributed by atoms with Crippen molar-refractivity contribution < 1.29 is 27.4 Å². The van der Waals surface area contributed by atoms with E-state index in [-0.39, 0.29) is 12.5 Å². The molecule has 0 aliphatic heterocycles. The minimum Gasteiger partial charge on any atom is -0.466 e. The number of halogens is 3. The number of rotatable bonds is 4. The first-order chi connectivity index (χ1) is 7.93. The number of ether oxygens (including phenoxy) is 2. The molecule has 0 aliphatic carbocycles. The van der Waals surface area contributed by atoms with Crippen molar-refractivity contribution >= 4 is 5.97 Å². The third-order valence-corrected chi connectivity index (χ3v) is 1.58. The Bertz CT molecular complexity index is 395. The van der Waals surface area contributed by atoms with Crippen LogP contribution in [0.5, 0.6) is 5.88 Å². The number of hydrogen-bond acceptors (Lipinski definition) is 5. The highest BCUT2D eigenvalue weighted by molar-refractivity contribution is 5.70. The number of esters is 1. The van der Waals surface area contributed by atoms with Crippen molar-refractivity contribution in [2.45, 2.75) is 13.1 Å². The van der Waals surface area contributed by atoms with Crippen molar-refractivity contribution in [3.8, 4) is 5.88 Å². The largest absolute Gasteiger partial charge is 0.466 e. The molecule has 0 unspecified atom stereocenters. The highest BCUT2D eigenvalue weighted by Crippen LogP contribution is 2.28. The Morgan fingerprint density at radius 3 is 2.71 bits per heavy atom. The van der Waals surface area contributed by atoms with Crippen LogP contribution in [0.3, 0.4) is 0 Å².